The number of thioether (sulfide) groups is 1. The quantitative estimate of drug-likeness (QED) is 0.745. The SMILES string of the molecule is C1CC(NC2CC2C2CC2)CCS1. The smallest absolute Gasteiger partial charge is 0.0104 e. The number of hydrogen-bond acceptors (Lipinski definition) is 2. The van der Waals surface area contributed by atoms with Gasteiger partial charge >= 0.3 is 0 Å². The van der Waals surface area contributed by atoms with Crippen LogP contribution in [-0.4, -0.2) is 23.6 Å². The highest BCUT2D eigenvalue weighted by molar-refractivity contribution is 7.99. The van der Waals surface area contributed by atoms with Crippen molar-refractivity contribution in [2.45, 2.75) is 44.2 Å². The Bertz CT molecular complexity index is 185. The van der Waals surface area contributed by atoms with Crippen LogP contribution in [0.15, 0.2) is 0 Å². The molecule has 0 radical (unpaired) electrons. The Morgan fingerprint density at radius 3 is 2.46 bits per heavy atom. The summed E-state index contributed by atoms with van der Waals surface area (Å²) in [5, 5.41) is 3.85. The fraction of sp³-hybridized carbons (Fsp3) is 1.00. The number of rotatable bonds is 3. The lowest BCUT2D eigenvalue weighted by Crippen LogP contribution is -2.35. The molecular formula is C11H19NS. The molecule has 2 aliphatic carbocycles. The molecule has 0 aromatic carbocycles. The zero-order valence-corrected chi connectivity index (χ0v) is 8.98. The second kappa shape index (κ2) is 3.47. The molecule has 0 aromatic rings. The lowest BCUT2D eigenvalue weighted by Gasteiger charge is -2.22. The minimum Gasteiger partial charge on any atom is -0.311 e. The third kappa shape index (κ3) is 2.04. The van der Waals surface area contributed by atoms with Crippen molar-refractivity contribution in [1.82, 2.24) is 5.32 Å². The van der Waals surface area contributed by atoms with Gasteiger partial charge in [0.05, 0.1) is 0 Å². The molecule has 0 spiro atoms. The average molecular weight is 197 g/mol. The molecule has 3 fully saturated rings. The first-order valence-corrected chi connectivity index (χ1v) is 6.93. The van der Waals surface area contributed by atoms with Gasteiger partial charge < -0.3 is 5.32 Å². The van der Waals surface area contributed by atoms with E-state index >= 15 is 0 Å². The van der Waals surface area contributed by atoms with E-state index < -0.39 is 0 Å². The van der Waals surface area contributed by atoms with Crippen LogP contribution in [0.1, 0.15) is 32.1 Å². The fourth-order valence-corrected chi connectivity index (χ4v) is 3.73. The van der Waals surface area contributed by atoms with Gasteiger partial charge in [-0.3, -0.25) is 0 Å². The number of nitrogens with one attached hydrogen (secondary N) is 1. The molecule has 1 saturated heterocycles. The molecule has 1 nitrogen and oxygen atoms in total. The molecular weight excluding hydrogens is 178 g/mol. The van der Waals surface area contributed by atoms with Gasteiger partial charge in [-0.1, -0.05) is 0 Å². The normalized spacial score (nSPS) is 40.6. The lowest BCUT2D eigenvalue weighted by atomic mass is 10.1. The van der Waals surface area contributed by atoms with Crippen LogP contribution in [0.25, 0.3) is 0 Å². The highest BCUT2D eigenvalue weighted by atomic mass is 32.2. The third-order valence-electron chi connectivity index (χ3n) is 3.74. The summed E-state index contributed by atoms with van der Waals surface area (Å²) in [5.74, 6) is 5.00. The summed E-state index contributed by atoms with van der Waals surface area (Å²) in [5.41, 5.74) is 0. The molecule has 2 saturated carbocycles. The summed E-state index contributed by atoms with van der Waals surface area (Å²) < 4.78 is 0. The van der Waals surface area contributed by atoms with E-state index in [-0.39, 0.29) is 0 Å². The van der Waals surface area contributed by atoms with Crippen molar-refractivity contribution in [3.8, 4) is 0 Å². The maximum atomic E-state index is 3.85. The predicted octanol–water partition coefficient (Wildman–Crippen LogP) is 2.27. The standard InChI is InChI=1S/C11H19NS/c1-2-8(1)10-7-11(10)12-9-3-5-13-6-4-9/h8-12H,1-7H2. The molecule has 1 aliphatic heterocycles. The molecule has 0 amide bonds. The Kier molecular flexibility index (Phi) is 2.30. The zero-order chi connectivity index (χ0) is 8.67. The summed E-state index contributed by atoms with van der Waals surface area (Å²) >= 11 is 2.13. The van der Waals surface area contributed by atoms with E-state index in [1.165, 1.54) is 43.6 Å². The highest BCUT2D eigenvalue weighted by Gasteiger charge is 2.47. The van der Waals surface area contributed by atoms with Crippen molar-refractivity contribution >= 4 is 11.8 Å². The van der Waals surface area contributed by atoms with Gasteiger partial charge in [-0.25, -0.2) is 0 Å². The Balaban J connectivity index is 1.42. The second-order valence-corrected chi connectivity index (χ2v) is 6.12. The molecule has 74 valence electrons. The van der Waals surface area contributed by atoms with Gasteiger partial charge in [-0.2, -0.15) is 11.8 Å². The van der Waals surface area contributed by atoms with Crippen LogP contribution >= 0.6 is 11.8 Å². The maximum absolute atomic E-state index is 3.85. The van der Waals surface area contributed by atoms with Crippen LogP contribution in [0.2, 0.25) is 0 Å². The molecule has 3 rings (SSSR count). The molecule has 0 aromatic heterocycles. The van der Waals surface area contributed by atoms with Gasteiger partial charge in [0.1, 0.15) is 0 Å². The molecule has 0 bridgehead atoms. The molecule has 2 unspecified atom stereocenters. The zero-order valence-electron chi connectivity index (χ0n) is 8.17. The van der Waals surface area contributed by atoms with Gasteiger partial charge in [0.15, 0.2) is 0 Å². The Labute approximate surface area is 85.0 Å². The van der Waals surface area contributed by atoms with Crippen LogP contribution < -0.4 is 5.32 Å². The van der Waals surface area contributed by atoms with E-state index in [9.17, 15) is 0 Å². The van der Waals surface area contributed by atoms with Crippen LogP contribution in [-0.2, 0) is 0 Å². The highest BCUT2D eigenvalue weighted by Crippen LogP contribution is 2.50. The molecule has 2 heteroatoms. The summed E-state index contributed by atoms with van der Waals surface area (Å²) in [6.07, 6.45) is 7.39. The molecule has 13 heavy (non-hydrogen) atoms. The Morgan fingerprint density at radius 1 is 1.00 bits per heavy atom. The molecule has 1 N–H and O–H groups in total. The summed E-state index contributed by atoms with van der Waals surface area (Å²) in [4.78, 5) is 0. The minimum atomic E-state index is 0.870. The summed E-state index contributed by atoms with van der Waals surface area (Å²) in [7, 11) is 0. The molecule has 1 heterocycles. The van der Waals surface area contributed by atoms with Gasteiger partial charge in [-0.05, 0) is 55.4 Å². The third-order valence-corrected chi connectivity index (χ3v) is 4.79. The Hall–Kier alpha value is 0.310. The largest absolute Gasteiger partial charge is 0.311 e. The number of hydrogen-bond donors (Lipinski definition) is 1. The maximum Gasteiger partial charge on any atom is 0.0104 e. The predicted molar refractivity (Wildman–Crippen MR) is 58.1 cm³/mol. The monoisotopic (exact) mass is 197 g/mol. The van der Waals surface area contributed by atoms with Crippen molar-refractivity contribution in [3.63, 3.8) is 0 Å². The first kappa shape index (κ1) is 8.60. The van der Waals surface area contributed by atoms with E-state index in [0.717, 1.165) is 23.9 Å². The molecule has 3 aliphatic rings. The van der Waals surface area contributed by atoms with E-state index in [2.05, 4.69) is 17.1 Å². The van der Waals surface area contributed by atoms with Gasteiger partial charge in [0.25, 0.3) is 0 Å². The van der Waals surface area contributed by atoms with Crippen molar-refractivity contribution in [3.05, 3.63) is 0 Å². The summed E-state index contributed by atoms with van der Waals surface area (Å²) in [6, 6.07) is 1.80. The van der Waals surface area contributed by atoms with Crippen LogP contribution in [0.3, 0.4) is 0 Å². The fourth-order valence-electron chi connectivity index (χ4n) is 2.62. The average Bonchev–Trinajstić information content (AvgIpc) is 2.99. The molecule has 2 atom stereocenters. The lowest BCUT2D eigenvalue weighted by molar-refractivity contribution is 0.458. The van der Waals surface area contributed by atoms with E-state index in [4.69, 9.17) is 0 Å². The summed E-state index contributed by atoms with van der Waals surface area (Å²) in [6.45, 7) is 0. The van der Waals surface area contributed by atoms with Crippen LogP contribution in [0.4, 0.5) is 0 Å². The Morgan fingerprint density at radius 2 is 1.77 bits per heavy atom. The van der Waals surface area contributed by atoms with Gasteiger partial charge in [-0.15, -0.1) is 0 Å². The van der Waals surface area contributed by atoms with Crippen LogP contribution in [0.5, 0.6) is 0 Å². The van der Waals surface area contributed by atoms with Crippen molar-refractivity contribution in [2.75, 3.05) is 11.5 Å². The topological polar surface area (TPSA) is 12.0 Å². The van der Waals surface area contributed by atoms with Crippen molar-refractivity contribution in [1.29, 1.82) is 0 Å². The minimum absolute atomic E-state index is 0.870. The van der Waals surface area contributed by atoms with Crippen molar-refractivity contribution < 1.29 is 0 Å². The van der Waals surface area contributed by atoms with E-state index in [1.807, 2.05) is 0 Å². The van der Waals surface area contributed by atoms with E-state index in [1.54, 1.807) is 0 Å². The second-order valence-electron chi connectivity index (χ2n) is 4.90. The first-order valence-electron chi connectivity index (χ1n) is 5.77. The van der Waals surface area contributed by atoms with Gasteiger partial charge in [0.2, 0.25) is 0 Å². The van der Waals surface area contributed by atoms with Crippen LogP contribution in [0, 0.1) is 11.8 Å². The van der Waals surface area contributed by atoms with E-state index in [0.29, 0.717) is 0 Å². The van der Waals surface area contributed by atoms with Crippen molar-refractivity contribution in [2.24, 2.45) is 11.8 Å². The van der Waals surface area contributed by atoms with Gasteiger partial charge in [0, 0.05) is 12.1 Å². The first-order chi connectivity index (χ1) is 6.43.